The van der Waals surface area contributed by atoms with E-state index in [1.165, 1.54) is 6.42 Å². The van der Waals surface area contributed by atoms with Gasteiger partial charge in [0.15, 0.2) is 6.61 Å². The third kappa shape index (κ3) is 2.76. The minimum atomic E-state index is -0.127. The van der Waals surface area contributed by atoms with Crippen LogP contribution in [0, 0.1) is 0 Å². The molecule has 1 aromatic rings. The Kier molecular flexibility index (Phi) is 3.63. The van der Waals surface area contributed by atoms with Gasteiger partial charge in [-0.1, -0.05) is 0 Å². The summed E-state index contributed by atoms with van der Waals surface area (Å²) in [6.07, 6.45) is 2.34. The lowest BCUT2D eigenvalue weighted by Crippen LogP contribution is -2.45. The van der Waals surface area contributed by atoms with Crippen molar-refractivity contribution in [3.63, 3.8) is 0 Å². The maximum atomic E-state index is 11.4. The van der Waals surface area contributed by atoms with Crippen molar-refractivity contribution in [3.05, 3.63) is 12.1 Å². The lowest BCUT2D eigenvalue weighted by atomic mass is 10.0. The Hall–Kier alpha value is -1.95. The van der Waals surface area contributed by atoms with E-state index in [2.05, 4.69) is 29.2 Å². The van der Waals surface area contributed by atoms with Crippen LogP contribution in [-0.2, 0) is 4.79 Å². The van der Waals surface area contributed by atoms with Crippen LogP contribution in [0.2, 0.25) is 0 Å². The number of carbonyl (C=O) groups excluding carboxylic acids is 1. The van der Waals surface area contributed by atoms with E-state index in [0.717, 1.165) is 25.2 Å². The zero-order chi connectivity index (χ0) is 15.0. The first-order valence-electron chi connectivity index (χ1n) is 7.32. The fourth-order valence-electron chi connectivity index (χ4n) is 3.09. The van der Waals surface area contributed by atoms with Crippen LogP contribution in [-0.4, -0.2) is 50.6 Å². The Bertz CT molecular complexity index is 561. The first kappa shape index (κ1) is 14.0. The van der Waals surface area contributed by atoms with Crippen LogP contribution in [0.1, 0.15) is 12.8 Å². The Morgan fingerprint density at radius 3 is 3.05 bits per heavy atom. The second-order valence-corrected chi connectivity index (χ2v) is 5.91. The van der Waals surface area contributed by atoms with E-state index >= 15 is 0 Å². The van der Waals surface area contributed by atoms with Gasteiger partial charge in [-0.3, -0.25) is 4.79 Å². The standard InChI is InChI=1S/C15H22N4O2/c1-18-5-3-4-10(8-18)19(2)13-7-12-14(6-11(13)16)21-9-15(20)17-12/h6-7,10H,3-5,8-9,16H2,1-2H3,(H,17,20). The van der Waals surface area contributed by atoms with Crippen LogP contribution in [0.25, 0.3) is 0 Å². The number of anilines is 3. The number of rotatable bonds is 2. The molecular weight excluding hydrogens is 268 g/mol. The number of likely N-dealkylation sites (N-methyl/N-ethyl adjacent to an activating group) is 2. The lowest BCUT2D eigenvalue weighted by molar-refractivity contribution is -0.118. The molecule has 0 aliphatic carbocycles. The van der Waals surface area contributed by atoms with E-state index in [4.69, 9.17) is 10.5 Å². The predicted octanol–water partition coefficient (Wildman–Crippen LogP) is 1.13. The van der Waals surface area contributed by atoms with Gasteiger partial charge in [0.05, 0.1) is 17.1 Å². The SMILES string of the molecule is CN1CCCC(N(C)c2cc3c(cc2N)OCC(=O)N3)C1. The fraction of sp³-hybridized carbons (Fsp3) is 0.533. The number of nitrogen functional groups attached to an aromatic ring is 1. The van der Waals surface area contributed by atoms with Gasteiger partial charge in [-0.25, -0.2) is 0 Å². The molecule has 1 unspecified atom stereocenters. The summed E-state index contributed by atoms with van der Waals surface area (Å²) in [4.78, 5) is 16.0. The molecule has 1 fully saturated rings. The molecule has 1 amide bonds. The smallest absolute Gasteiger partial charge is 0.262 e. The molecule has 2 aliphatic heterocycles. The highest BCUT2D eigenvalue weighted by Crippen LogP contribution is 2.37. The number of ether oxygens (including phenoxy) is 1. The summed E-state index contributed by atoms with van der Waals surface area (Å²) in [6, 6.07) is 4.15. The minimum Gasteiger partial charge on any atom is -0.482 e. The number of hydrogen-bond donors (Lipinski definition) is 2. The molecule has 1 atom stereocenters. The lowest BCUT2D eigenvalue weighted by Gasteiger charge is -2.38. The summed E-state index contributed by atoms with van der Waals surface area (Å²) in [7, 11) is 4.21. The molecule has 2 aliphatic rings. The van der Waals surface area contributed by atoms with Gasteiger partial charge in [-0.05, 0) is 32.5 Å². The molecule has 0 spiro atoms. The minimum absolute atomic E-state index is 0.0506. The number of nitrogens with one attached hydrogen (secondary N) is 1. The van der Waals surface area contributed by atoms with Gasteiger partial charge < -0.3 is 25.6 Å². The zero-order valence-electron chi connectivity index (χ0n) is 12.6. The Labute approximate surface area is 124 Å². The molecule has 6 nitrogen and oxygen atoms in total. The van der Waals surface area contributed by atoms with Gasteiger partial charge in [-0.15, -0.1) is 0 Å². The second kappa shape index (κ2) is 5.44. The van der Waals surface area contributed by atoms with Crippen molar-refractivity contribution in [2.75, 3.05) is 49.7 Å². The first-order valence-corrected chi connectivity index (χ1v) is 7.32. The number of nitrogens with two attached hydrogens (primary N) is 1. The van der Waals surface area contributed by atoms with Crippen LogP contribution < -0.4 is 20.7 Å². The second-order valence-electron chi connectivity index (χ2n) is 5.91. The maximum Gasteiger partial charge on any atom is 0.262 e. The summed E-state index contributed by atoms with van der Waals surface area (Å²) in [5.41, 5.74) is 8.50. The van der Waals surface area contributed by atoms with Crippen molar-refractivity contribution in [3.8, 4) is 5.75 Å². The maximum absolute atomic E-state index is 11.4. The average molecular weight is 290 g/mol. The summed E-state index contributed by atoms with van der Waals surface area (Å²) in [5.74, 6) is 0.517. The third-order valence-corrected chi connectivity index (χ3v) is 4.29. The summed E-state index contributed by atoms with van der Waals surface area (Å²) < 4.78 is 5.40. The van der Waals surface area contributed by atoms with Crippen LogP contribution in [0.5, 0.6) is 5.75 Å². The van der Waals surface area contributed by atoms with E-state index in [0.29, 0.717) is 23.2 Å². The van der Waals surface area contributed by atoms with Crippen molar-refractivity contribution in [1.82, 2.24) is 4.90 Å². The van der Waals surface area contributed by atoms with Crippen LogP contribution in [0.3, 0.4) is 0 Å². The first-order chi connectivity index (χ1) is 10.0. The monoisotopic (exact) mass is 290 g/mol. The molecule has 0 bridgehead atoms. The molecular formula is C15H22N4O2. The van der Waals surface area contributed by atoms with Gasteiger partial charge in [0.25, 0.3) is 5.91 Å². The largest absolute Gasteiger partial charge is 0.482 e. The number of carbonyl (C=O) groups is 1. The molecule has 1 saturated heterocycles. The number of fused-ring (bicyclic) bond motifs is 1. The van der Waals surface area contributed by atoms with E-state index in [1.54, 1.807) is 6.07 Å². The molecule has 2 heterocycles. The van der Waals surface area contributed by atoms with Crippen molar-refractivity contribution >= 4 is 23.0 Å². The molecule has 0 radical (unpaired) electrons. The highest BCUT2D eigenvalue weighted by molar-refractivity contribution is 5.97. The third-order valence-electron chi connectivity index (χ3n) is 4.29. The zero-order valence-corrected chi connectivity index (χ0v) is 12.6. The normalized spacial score (nSPS) is 22.2. The van der Waals surface area contributed by atoms with Crippen molar-refractivity contribution < 1.29 is 9.53 Å². The highest BCUT2D eigenvalue weighted by Gasteiger charge is 2.25. The van der Waals surface area contributed by atoms with Gasteiger partial charge >= 0.3 is 0 Å². The molecule has 114 valence electrons. The fourth-order valence-corrected chi connectivity index (χ4v) is 3.09. The van der Waals surface area contributed by atoms with Crippen LogP contribution in [0.15, 0.2) is 12.1 Å². The van der Waals surface area contributed by atoms with E-state index in [9.17, 15) is 4.79 Å². The van der Waals surface area contributed by atoms with Gasteiger partial charge in [-0.2, -0.15) is 0 Å². The Balaban J connectivity index is 1.87. The average Bonchev–Trinajstić information content (AvgIpc) is 2.46. The molecule has 3 rings (SSSR count). The van der Waals surface area contributed by atoms with Gasteiger partial charge in [0.2, 0.25) is 0 Å². The van der Waals surface area contributed by atoms with E-state index in [-0.39, 0.29) is 12.5 Å². The van der Waals surface area contributed by atoms with Crippen molar-refractivity contribution in [1.29, 1.82) is 0 Å². The molecule has 21 heavy (non-hydrogen) atoms. The topological polar surface area (TPSA) is 70.8 Å². The molecule has 0 aromatic heterocycles. The Morgan fingerprint density at radius 2 is 2.29 bits per heavy atom. The molecule has 3 N–H and O–H groups in total. The highest BCUT2D eigenvalue weighted by atomic mass is 16.5. The van der Waals surface area contributed by atoms with Crippen molar-refractivity contribution in [2.24, 2.45) is 0 Å². The van der Waals surface area contributed by atoms with Crippen LogP contribution >= 0.6 is 0 Å². The number of amides is 1. The van der Waals surface area contributed by atoms with Crippen LogP contribution in [0.4, 0.5) is 17.1 Å². The van der Waals surface area contributed by atoms with E-state index in [1.807, 2.05) is 6.07 Å². The quantitative estimate of drug-likeness (QED) is 0.799. The van der Waals surface area contributed by atoms with Gasteiger partial charge in [0.1, 0.15) is 5.75 Å². The Morgan fingerprint density at radius 1 is 1.48 bits per heavy atom. The summed E-state index contributed by atoms with van der Waals surface area (Å²) in [6.45, 7) is 2.22. The van der Waals surface area contributed by atoms with Crippen molar-refractivity contribution in [2.45, 2.75) is 18.9 Å². The number of nitrogens with zero attached hydrogens (tertiary/aromatic N) is 2. The summed E-state index contributed by atoms with van der Waals surface area (Å²) in [5, 5.41) is 2.84. The number of hydrogen-bond acceptors (Lipinski definition) is 5. The van der Waals surface area contributed by atoms with Gasteiger partial charge in [0, 0.05) is 25.7 Å². The molecule has 1 aromatic carbocycles. The summed E-state index contributed by atoms with van der Waals surface area (Å²) >= 11 is 0. The number of likely N-dealkylation sites (tertiary alicyclic amines) is 1. The number of piperidine rings is 1. The molecule has 0 saturated carbocycles. The van der Waals surface area contributed by atoms with E-state index < -0.39 is 0 Å². The molecule has 6 heteroatoms. The number of benzene rings is 1. The predicted molar refractivity (Wildman–Crippen MR) is 83.9 cm³/mol.